The van der Waals surface area contributed by atoms with Gasteiger partial charge in [-0.25, -0.2) is 0 Å². The van der Waals surface area contributed by atoms with Crippen molar-refractivity contribution in [3.8, 4) is 0 Å². The molecule has 0 saturated heterocycles. The maximum atomic E-state index is 12.2. The second kappa shape index (κ2) is 8.46. The molecule has 2 rings (SSSR count). The number of carbonyl (C=O) groups excluding carboxylic acids is 1. The first-order valence-electron chi connectivity index (χ1n) is 7.36. The number of furan rings is 1. The van der Waals surface area contributed by atoms with Gasteiger partial charge in [-0.2, -0.15) is 0 Å². The molecule has 0 aliphatic carbocycles. The molecule has 1 aromatic heterocycles. The van der Waals surface area contributed by atoms with Crippen LogP contribution >= 0.6 is 12.4 Å². The minimum absolute atomic E-state index is 0. The van der Waals surface area contributed by atoms with E-state index in [1.54, 1.807) is 12.1 Å². The number of carbonyl (C=O) groups is 1. The summed E-state index contributed by atoms with van der Waals surface area (Å²) in [6.45, 7) is 6.09. The SMILES string of the molecule is CC(C)(C)S(=O)Cc1cccc(NC(=O)c2coc(CN)c2)c1.Cl. The lowest BCUT2D eigenvalue weighted by atomic mass is 10.2. The number of rotatable bonds is 5. The predicted octanol–water partition coefficient (Wildman–Crippen LogP) is 3.46. The number of hydrogen-bond acceptors (Lipinski definition) is 4. The maximum Gasteiger partial charge on any atom is 0.258 e. The summed E-state index contributed by atoms with van der Waals surface area (Å²) >= 11 is 0. The first kappa shape index (κ1) is 20.4. The van der Waals surface area contributed by atoms with Crippen molar-refractivity contribution in [2.75, 3.05) is 5.32 Å². The van der Waals surface area contributed by atoms with Crippen LogP contribution in [0.3, 0.4) is 0 Å². The molecule has 1 heterocycles. The van der Waals surface area contributed by atoms with Gasteiger partial charge >= 0.3 is 0 Å². The van der Waals surface area contributed by atoms with Gasteiger partial charge in [0.25, 0.3) is 5.91 Å². The molecule has 1 amide bonds. The molecule has 0 saturated carbocycles. The molecule has 7 heteroatoms. The number of amides is 1. The van der Waals surface area contributed by atoms with Crippen molar-refractivity contribution in [3.63, 3.8) is 0 Å². The van der Waals surface area contributed by atoms with Crippen LogP contribution in [0, 0.1) is 0 Å². The first-order chi connectivity index (χ1) is 10.8. The largest absolute Gasteiger partial charge is 0.467 e. The van der Waals surface area contributed by atoms with E-state index < -0.39 is 10.8 Å². The highest BCUT2D eigenvalue weighted by Gasteiger charge is 2.19. The van der Waals surface area contributed by atoms with E-state index in [9.17, 15) is 9.00 Å². The summed E-state index contributed by atoms with van der Waals surface area (Å²) in [5.74, 6) is 0.753. The Morgan fingerprint density at radius 1 is 1.29 bits per heavy atom. The third-order valence-corrected chi connectivity index (χ3v) is 5.24. The Bertz CT molecular complexity index is 723. The minimum atomic E-state index is -0.985. The van der Waals surface area contributed by atoms with Crippen LogP contribution in [-0.2, 0) is 23.1 Å². The van der Waals surface area contributed by atoms with Gasteiger partial charge < -0.3 is 15.5 Å². The Hall–Kier alpha value is -1.63. The summed E-state index contributed by atoms with van der Waals surface area (Å²) in [5.41, 5.74) is 7.47. The van der Waals surface area contributed by atoms with E-state index >= 15 is 0 Å². The van der Waals surface area contributed by atoms with Gasteiger partial charge in [0.15, 0.2) is 0 Å². The second-order valence-electron chi connectivity index (χ2n) is 6.26. The van der Waals surface area contributed by atoms with Gasteiger partial charge in [-0.15, -0.1) is 12.4 Å². The summed E-state index contributed by atoms with van der Waals surface area (Å²) in [4.78, 5) is 12.2. The Morgan fingerprint density at radius 2 is 2.00 bits per heavy atom. The van der Waals surface area contributed by atoms with Gasteiger partial charge in [0.05, 0.1) is 12.1 Å². The zero-order valence-corrected chi connectivity index (χ0v) is 15.6. The molecule has 3 N–H and O–H groups in total. The highest BCUT2D eigenvalue weighted by Crippen LogP contribution is 2.19. The number of anilines is 1. The Balaban J connectivity index is 0.00000288. The van der Waals surface area contributed by atoms with E-state index in [1.165, 1.54) is 6.26 Å². The van der Waals surface area contributed by atoms with Crippen LogP contribution in [0.5, 0.6) is 0 Å². The molecular weight excluding hydrogens is 348 g/mol. The van der Waals surface area contributed by atoms with Crippen LogP contribution in [0.15, 0.2) is 41.0 Å². The molecule has 5 nitrogen and oxygen atoms in total. The van der Waals surface area contributed by atoms with E-state index in [2.05, 4.69) is 5.32 Å². The average Bonchev–Trinajstić information content (AvgIpc) is 2.95. The summed E-state index contributed by atoms with van der Waals surface area (Å²) in [6, 6.07) is 9.00. The Morgan fingerprint density at radius 3 is 2.58 bits per heavy atom. The van der Waals surface area contributed by atoms with Crippen molar-refractivity contribution in [1.29, 1.82) is 0 Å². The van der Waals surface area contributed by atoms with Crippen LogP contribution in [0.1, 0.15) is 42.5 Å². The number of nitrogens with one attached hydrogen (secondary N) is 1. The second-order valence-corrected chi connectivity index (χ2v) is 8.47. The summed E-state index contributed by atoms with van der Waals surface area (Å²) in [7, 11) is -0.985. The quantitative estimate of drug-likeness (QED) is 0.843. The lowest BCUT2D eigenvalue weighted by Crippen LogP contribution is -2.23. The van der Waals surface area contributed by atoms with Crippen molar-refractivity contribution in [2.45, 2.75) is 37.8 Å². The molecule has 1 atom stereocenters. The topological polar surface area (TPSA) is 85.3 Å². The zero-order valence-electron chi connectivity index (χ0n) is 14.0. The number of benzene rings is 1. The molecule has 0 bridgehead atoms. The first-order valence-corrected chi connectivity index (χ1v) is 8.68. The normalized spacial score (nSPS) is 12.3. The molecular formula is C17H23ClN2O3S. The molecule has 0 radical (unpaired) electrons. The van der Waals surface area contributed by atoms with Gasteiger partial charge in [0.2, 0.25) is 0 Å². The van der Waals surface area contributed by atoms with Crippen LogP contribution < -0.4 is 11.1 Å². The molecule has 24 heavy (non-hydrogen) atoms. The minimum Gasteiger partial charge on any atom is -0.467 e. The van der Waals surface area contributed by atoms with E-state index in [0.29, 0.717) is 22.8 Å². The molecule has 0 aliphatic rings. The highest BCUT2D eigenvalue weighted by atomic mass is 35.5. The summed E-state index contributed by atoms with van der Waals surface area (Å²) in [6.07, 6.45) is 1.38. The van der Waals surface area contributed by atoms with E-state index in [-0.39, 0.29) is 29.6 Å². The average molecular weight is 371 g/mol. The van der Waals surface area contributed by atoms with Gasteiger partial charge in [0, 0.05) is 27.0 Å². The third kappa shape index (κ3) is 5.47. The molecule has 1 unspecified atom stereocenters. The highest BCUT2D eigenvalue weighted by molar-refractivity contribution is 7.85. The van der Waals surface area contributed by atoms with E-state index in [1.807, 2.05) is 39.0 Å². The van der Waals surface area contributed by atoms with Crippen molar-refractivity contribution in [1.82, 2.24) is 0 Å². The molecule has 0 aliphatic heterocycles. The van der Waals surface area contributed by atoms with Crippen LogP contribution in [0.25, 0.3) is 0 Å². The molecule has 132 valence electrons. The van der Waals surface area contributed by atoms with Gasteiger partial charge in [-0.3, -0.25) is 9.00 Å². The van der Waals surface area contributed by atoms with Crippen LogP contribution in [0.2, 0.25) is 0 Å². The third-order valence-electron chi connectivity index (χ3n) is 3.28. The smallest absolute Gasteiger partial charge is 0.258 e. The lowest BCUT2D eigenvalue weighted by molar-refractivity contribution is 0.102. The number of hydrogen-bond donors (Lipinski definition) is 2. The lowest BCUT2D eigenvalue weighted by Gasteiger charge is -2.17. The van der Waals surface area contributed by atoms with Crippen molar-refractivity contribution in [3.05, 3.63) is 53.5 Å². The van der Waals surface area contributed by atoms with E-state index in [0.717, 1.165) is 5.56 Å². The van der Waals surface area contributed by atoms with Crippen molar-refractivity contribution < 1.29 is 13.4 Å². The summed E-state index contributed by atoms with van der Waals surface area (Å²) < 4.78 is 17.1. The fourth-order valence-corrected chi connectivity index (χ4v) is 2.83. The van der Waals surface area contributed by atoms with E-state index in [4.69, 9.17) is 10.2 Å². The summed E-state index contributed by atoms with van der Waals surface area (Å²) in [5, 5.41) is 2.81. The van der Waals surface area contributed by atoms with Crippen LogP contribution in [-0.4, -0.2) is 14.9 Å². The number of nitrogens with two attached hydrogens (primary N) is 1. The maximum absolute atomic E-state index is 12.2. The van der Waals surface area contributed by atoms with Crippen molar-refractivity contribution in [2.24, 2.45) is 5.73 Å². The number of halogens is 1. The Labute approximate surface area is 150 Å². The zero-order chi connectivity index (χ0) is 17.0. The molecule has 1 aromatic carbocycles. The van der Waals surface area contributed by atoms with Crippen molar-refractivity contribution >= 4 is 34.8 Å². The Kier molecular flexibility index (Phi) is 7.20. The standard InChI is InChI=1S/C17H22N2O3S.ClH/c1-17(2,3)23(21)11-12-5-4-6-14(7-12)19-16(20)13-8-15(9-18)22-10-13;/h4-8,10H,9,11,18H2,1-3H3,(H,19,20);1H. The molecule has 0 spiro atoms. The fraction of sp³-hybridized carbons (Fsp3) is 0.353. The fourth-order valence-electron chi connectivity index (χ4n) is 1.92. The molecule has 2 aromatic rings. The van der Waals surface area contributed by atoms with Gasteiger partial charge in [0.1, 0.15) is 12.0 Å². The molecule has 0 fully saturated rings. The predicted molar refractivity (Wildman–Crippen MR) is 99.8 cm³/mol. The van der Waals surface area contributed by atoms with Crippen LogP contribution in [0.4, 0.5) is 5.69 Å². The van der Waals surface area contributed by atoms with Gasteiger partial charge in [-0.1, -0.05) is 12.1 Å². The van der Waals surface area contributed by atoms with Gasteiger partial charge in [-0.05, 0) is 44.5 Å². The monoisotopic (exact) mass is 370 g/mol.